The van der Waals surface area contributed by atoms with Crippen LogP contribution >= 0.6 is 23.2 Å². The van der Waals surface area contributed by atoms with Gasteiger partial charge in [0.15, 0.2) is 5.78 Å². The molecule has 2 aromatic rings. The second-order valence-corrected chi connectivity index (χ2v) is 5.97. The molecule has 1 nitrogen and oxygen atoms in total. The van der Waals surface area contributed by atoms with Crippen LogP contribution in [0.2, 0.25) is 10.0 Å². The van der Waals surface area contributed by atoms with Crippen molar-refractivity contribution < 1.29 is 4.79 Å². The summed E-state index contributed by atoms with van der Waals surface area (Å²) in [5.41, 5.74) is 4.84. The molecule has 0 spiro atoms. The van der Waals surface area contributed by atoms with E-state index in [-0.39, 0.29) is 5.78 Å². The molecule has 0 bridgehead atoms. The molecule has 0 aromatic heterocycles. The van der Waals surface area contributed by atoms with E-state index in [9.17, 15) is 4.79 Å². The SMILES string of the molecule is Cc1cc(C)c(Cl)c(C(=O)c2cc(C)cc(C)c2Cl)c1. The average Bonchev–Trinajstić information content (AvgIpc) is 2.37. The van der Waals surface area contributed by atoms with Gasteiger partial charge in [0.25, 0.3) is 0 Å². The minimum Gasteiger partial charge on any atom is -0.288 e. The highest BCUT2D eigenvalue weighted by Gasteiger charge is 2.19. The quantitative estimate of drug-likeness (QED) is 0.673. The van der Waals surface area contributed by atoms with Crippen molar-refractivity contribution in [3.05, 3.63) is 67.7 Å². The summed E-state index contributed by atoms with van der Waals surface area (Å²) in [6.07, 6.45) is 0. The van der Waals surface area contributed by atoms with E-state index in [2.05, 4.69) is 0 Å². The van der Waals surface area contributed by atoms with Gasteiger partial charge in [-0.3, -0.25) is 4.79 Å². The maximum Gasteiger partial charge on any atom is 0.196 e. The molecule has 0 N–H and O–H groups in total. The number of carbonyl (C=O) groups is 1. The minimum absolute atomic E-state index is 0.126. The van der Waals surface area contributed by atoms with Crippen molar-refractivity contribution in [2.75, 3.05) is 0 Å². The van der Waals surface area contributed by atoms with E-state index in [1.807, 2.05) is 52.0 Å². The van der Waals surface area contributed by atoms with E-state index in [4.69, 9.17) is 23.2 Å². The van der Waals surface area contributed by atoms with Gasteiger partial charge < -0.3 is 0 Å². The minimum atomic E-state index is -0.126. The van der Waals surface area contributed by atoms with Crippen molar-refractivity contribution in [1.82, 2.24) is 0 Å². The molecule has 0 amide bonds. The van der Waals surface area contributed by atoms with Gasteiger partial charge in [-0.25, -0.2) is 0 Å². The Morgan fingerprint density at radius 2 is 1.10 bits per heavy atom. The van der Waals surface area contributed by atoms with Crippen LogP contribution in [0.25, 0.3) is 0 Å². The predicted molar refractivity (Wildman–Crippen MR) is 85.3 cm³/mol. The van der Waals surface area contributed by atoms with Crippen LogP contribution < -0.4 is 0 Å². The Morgan fingerprint density at radius 3 is 1.45 bits per heavy atom. The van der Waals surface area contributed by atoms with Gasteiger partial charge in [0, 0.05) is 11.1 Å². The van der Waals surface area contributed by atoms with Gasteiger partial charge in [-0.05, 0) is 51.0 Å². The Kier molecular flexibility index (Phi) is 4.22. The lowest BCUT2D eigenvalue weighted by molar-refractivity contribution is 0.103. The Labute approximate surface area is 129 Å². The summed E-state index contributed by atoms with van der Waals surface area (Å²) in [4.78, 5) is 12.7. The van der Waals surface area contributed by atoms with Gasteiger partial charge in [-0.2, -0.15) is 0 Å². The average molecular weight is 307 g/mol. The number of aryl methyl sites for hydroxylation is 4. The van der Waals surface area contributed by atoms with Crippen LogP contribution in [0.15, 0.2) is 24.3 Å². The van der Waals surface area contributed by atoms with Gasteiger partial charge in [0.2, 0.25) is 0 Å². The molecular formula is C17H16Cl2O. The molecule has 0 fully saturated rings. The van der Waals surface area contributed by atoms with E-state index in [1.54, 1.807) is 0 Å². The number of rotatable bonds is 2. The fraction of sp³-hybridized carbons (Fsp3) is 0.235. The zero-order valence-corrected chi connectivity index (χ0v) is 13.5. The smallest absolute Gasteiger partial charge is 0.196 e. The Hall–Kier alpha value is -1.31. The lowest BCUT2D eigenvalue weighted by Gasteiger charge is -2.11. The monoisotopic (exact) mass is 306 g/mol. The van der Waals surface area contributed by atoms with Crippen LogP contribution in [-0.4, -0.2) is 5.78 Å². The molecule has 2 rings (SSSR count). The first-order valence-corrected chi connectivity index (χ1v) is 7.15. The summed E-state index contributed by atoms with van der Waals surface area (Å²) in [6, 6.07) is 7.54. The lowest BCUT2D eigenvalue weighted by atomic mass is 9.96. The fourth-order valence-corrected chi connectivity index (χ4v) is 2.77. The summed E-state index contributed by atoms with van der Waals surface area (Å²) in [5, 5.41) is 0.992. The first kappa shape index (κ1) is 15.1. The van der Waals surface area contributed by atoms with Crippen molar-refractivity contribution in [3.63, 3.8) is 0 Å². The highest BCUT2D eigenvalue weighted by atomic mass is 35.5. The Balaban J connectivity index is 2.64. The molecule has 104 valence electrons. The van der Waals surface area contributed by atoms with Gasteiger partial charge in [0.05, 0.1) is 10.0 Å². The zero-order chi connectivity index (χ0) is 15.0. The summed E-state index contributed by atoms with van der Waals surface area (Å²) in [7, 11) is 0. The third-order valence-electron chi connectivity index (χ3n) is 3.29. The van der Waals surface area contributed by atoms with Gasteiger partial charge >= 0.3 is 0 Å². The van der Waals surface area contributed by atoms with Crippen molar-refractivity contribution in [2.24, 2.45) is 0 Å². The molecule has 3 heteroatoms. The maximum atomic E-state index is 12.7. The summed E-state index contributed by atoms with van der Waals surface area (Å²) >= 11 is 12.6. The van der Waals surface area contributed by atoms with Gasteiger partial charge in [-0.1, -0.05) is 46.5 Å². The number of benzene rings is 2. The Bertz CT molecular complexity index is 643. The fourth-order valence-electron chi connectivity index (χ4n) is 2.38. The van der Waals surface area contributed by atoms with E-state index in [1.165, 1.54) is 0 Å². The van der Waals surface area contributed by atoms with Crippen LogP contribution in [0.3, 0.4) is 0 Å². The number of carbonyl (C=O) groups excluding carboxylic acids is 1. The third-order valence-corrected chi connectivity index (χ3v) is 4.29. The van der Waals surface area contributed by atoms with Gasteiger partial charge in [-0.15, -0.1) is 0 Å². The third kappa shape index (κ3) is 2.74. The van der Waals surface area contributed by atoms with Crippen molar-refractivity contribution >= 4 is 29.0 Å². The lowest BCUT2D eigenvalue weighted by Crippen LogP contribution is -2.06. The van der Waals surface area contributed by atoms with Crippen LogP contribution in [0, 0.1) is 27.7 Å². The van der Waals surface area contributed by atoms with Crippen LogP contribution in [0.5, 0.6) is 0 Å². The number of halogens is 2. The van der Waals surface area contributed by atoms with Crippen LogP contribution in [0.1, 0.15) is 38.2 Å². The second-order valence-electron chi connectivity index (χ2n) is 5.22. The molecule has 0 saturated heterocycles. The number of hydrogen-bond acceptors (Lipinski definition) is 1. The maximum absolute atomic E-state index is 12.7. The topological polar surface area (TPSA) is 17.1 Å². The van der Waals surface area contributed by atoms with Crippen molar-refractivity contribution in [3.8, 4) is 0 Å². The largest absolute Gasteiger partial charge is 0.288 e. The number of hydrogen-bond donors (Lipinski definition) is 0. The molecule has 0 radical (unpaired) electrons. The van der Waals surface area contributed by atoms with E-state index in [0.29, 0.717) is 21.2 Å². The molecule has 0 aliphatic heterocycles. The summed E-state index contributed by atoms with van der Waals surface area (Å²) in [6.45, 7) is 7.69. The van der Waals surface area contributed by atoms with E-state index >= 15 is 0 Å². The van der Waals surface area contributed by atoms with Crippen LogP contribution in [0.4, 0.5) is 0 Å². The zero-order valence-electron chi connectivity index (χ0n) is 12.0. The molecule has 0 heterocycles. The van der Waals surface area contributed by atoms with Crippen LogP contribution in [-0.2, 0) is 0 Å². The molecule has 0 aliphatic carbocycles. The van der Waals surface area contributed by atoms with Gasteiger partial charge in [0.1, 0.15) is 0 Å². The highest BCUT2D eigenvalue weighted by Crippen LogP contribution is 2.29. The first-order chi connectivity index (χ1) is 9.31. The normalized spacial score (nSPS) is 10.7. The molecule has 0 atom stereocenters. The van der Waals surface area contributed by atoms with E-state index < -0.39 is 0 Å². The standard InChI is InChI=1S/C17H16Cl2O/c1-9-5-11(3)15(18)13(7-9)17(20)14-8-10(2)6-12(4)16(14)19/h5-8H,1-4H3. The molecule has 0 saturated carbocycles. The molecule has 0 aliphatic rings. The molecule has 2 aromatic carbocycles. The molecule has 0 unspecified atom stereocenters. The summed E-state index contributed by atoms with van der Waals surface area (Å²) < 4.78 is 0. The predicted octanol–water partition coefficient (Wildman–Crippen LogP) is 5.46. The molecule has 20 heavy (non-hydrogen) atoms. The van der Waals surface area contributed by atoms with Crippen molar-refractivity contribution in [2.45, 2.75) is 27.7 Å². The first-order valence-electron chi connectivity index (χ1n) is 6.39. The highest BCUT2D eigenvalue weighted by molar-refractivity contribution is 6.39. The van der Waals surface area contributed by atoms with E-state index in [0.717, 1.165) is 22.3 Å². The molecular weight excluding hydrogens is 291 g/mol. The Morgan fingerprint density at radius 1 is 0.750 bits per heavy atom. The second kappa shape index (κ2) is 5.59. The summed E-state index contributed by atoms with van der Waals surface area (Å²) in [5.74, 6) is -0.126. The number of ketones is 1. The van der Waals surface area contributed by atoms with Crippen molar-refractivity contribution in [1.29, 1.82) is 0 Å².